The van der Waals surface area contributed by atoms with Gasteiger partial charge in [-0.05, 0) is 57.8 Å². The molecule has 0 bridgehead atoms. The number of carbonyl (C=O) groups excluding carboxylic acids is 1. The van der Waals surface area contributed by atoms with Gasteiger partial charge in [-0.25, -0.2) is 0 Å². The van der Waals surface area contributed by atoms with E-state index in [0.717, 1.165) is 38.5 Å². The van der Waals surface area contributed by atoms with E-state index >= 15 is 0 Å². The van der Waals surface area contributed by atoms with Crippen molar-refractivity contribution in [3.05, 3.63) is 36.5 Å². The van der Waals surface area contributed by atoms with Gasteiger partial charge in [0.05, 0.1) is 39.9 Å². The highest BCUT2D eigenvalue weighted by molar-refractivity contribution is 7.45. The SMILES string of the molecule is CCCCCCCCCCC/C=C/CC/C=C/C(O)C(COP(=O)([O-])OCC[N+](C)(C)C)NC(=O)CCCCCCCCC/C=C\CCCCCCCCCCCCCC. The van der Waals surface area contributed by atoms with Gasteiger partial charge in [-0.15, -0.1) is 0 Å². The van der Waals surface area contributed by atoms with Crippen molar-refractivity contribution in [2.75, 3.05) is 40.9 Å². The van der Waals surface area contributed by atoms with Crippen molar-refractivity contribution < 1.29 is 32.9 Å². The maximum absolute atomic E-state index is 12.9. The number of hydrogen-bond acceptors (Lipinski definition) is 6. The molecule has 0 saturated heterocycles. The molecule has 0 aliphatic heterocycles. The Bertz CT molecular complexity index is 1070. The lowest BCUT2D eigenvalue weighted by molar-refractivity contribution is -0.870. The quantitative estimate of drug-likeness (QED) is 0.0273. The zero-order valence-electron chi connectivity index (χ0n) is 40.2. The molecule has 0 aromatic rings. The van der Waals surface area contributed by atoms with Crippen LogP contribution in [0.25, 0.3) is 0 Å². The molecule has 0 saturated carbocycles. The minimum atomic E-state index is -4.60. The number of unbranched alkanes of at least 4 members (excludes halogenated alkanes) is 29. The summed E-state index contributed by atoms with van der Waals surface area (Å²) < 4.78 is 23.2. The number of allylic oxidation sites excluding steroid dienone is 5. The molecule has 0 aliphatic carbocycles. The minimum Gasteiger partial charge on any atom is -0.756 e. The topological polar surface area (TPSA) is 108 Å². The maximum atomic E-state index is 12.9. The van der Waals surface area contributed by atoms with Crippen LogP contribution in [0.1, 0.15) is 232 Å². The van der Waals surface area contributed by atoms with E-state index in [0.29, 0.717) is 17.4 Å². The number of nitrogens with one attached hydrogen (secondary N) is 1. The van der Waals surface area contributed by atoms with Crippen molar-refractivity contribution in [3.8, 4) is 0 Å². The maximum Gasteiger partial charge on any atom is 0.268 e. The Labute approximate surface area is 372 Å². The summed E-state index contributed by atoms with van der Waals surface area (Å²) in [5.41, 5.74) is 0. The van der Waals surface area contributed by atoms with Crippen LogP contribution in [0.2, 0.25) is 0 Å². The Morgan fingerprint density at radius 1 is 0.567 bits per heavy atom. The predicted octanol–water partition coefficient (Wildman–Crippen LogP) is 14.0. The zero-order valence-corrected chi connectivity index (χ0v) is 41.1. The number of phosphoric acid groups is 1. The third-order valence-electron chi connectivity index (χ3n) is 11.3. The van der Waals surface area contributed by atoms with Crippen molar-refractivity contribution in [1.82, 2.24) is 5.32 Å². The van der Waals surface area contributed by atoms with Crippen molar-refractivity contribution in [2.24, 2.45) is 0 Å². The molecule has 0 rings (SSSR count). The second-order valence-corrected chi connectivity index (χ2v) is 19.9. The lowest BCUT2D eigenvalue weighted by Gasteiger charge is -2.29. The zero-order chi connectivity index (χ0) is 44.3. The molecular formula is C51H99N2O6P. The Morgan fingerprint density at radius 2 is 0.933 bits per heavy atom. The van der Waals surface area contributed by atoms with E-state index in [1.54, 1.807) is 6.08 Å². The summed E-state index contributed by atoms with van der Waals surface area (Å²) in [5.74, 6) is -0.211. The normalized spacial score (nSPS) is 14.4. The van der Waals surface area contributed by atoms with Crippen LogP contribution in [-0.2, 0) is 18.4 Å². The second kappa shape index (κ2) is 43.0. The molecule has 0 aromatic carbocycles. The van der Waals surface area contributed by atoms with E-state index in [1.165, 1.54) is 173 Å². The molecule has 9 heteroatoms. The fourth-order valence-corrected chi connectivity index (χ4v) is 8.00. The highest BCUT2D eigenvalue weighted by Gasteiger charge is 2.23. The highest BCUT2D eigenvalue weighted by Crippen LogP contribution is 2.38. The minimum absolute atomic E-state index is 0.00696. The number of likely N-dealkylation sites (N-methyl/N-ethyl adjacent to an activating group) is 1. The predicted molar refractivity (Wildman–Crippen MR) is 256 cm³/mol. The Kier molecular flexibility index (Phi) is 42.1. The number of phosphoric ester groups is 1. The van der Waals surface area contributed by atoms with Crippen LogP contribution in [0, 0.1) is 0 Å². The summed E-state index contributed by atoms with van der Waals surface area (Å²) in [6, 6.07) is -0.904. The molecule has 0 spiro atoms. The third-order valence-corrected chi connectivity index (χ3v) is 12.3. The van der Waals surface area contributed by atoms with Gasteiger partial charge in [0.1, 0.15) is 13.2 Å². The van der Waals surface area contributed by atoms with Crippen LogP contribution in [0.4, 0.5) is 0 Å². The van der Waals surface area contributed by atoms with Crippen molar-refractivity contribution in [2.45, 2.75) is 244 Å². The number of carbonyl (C=O) groups is 1. The van der Waals surface area contributed by atoms with Crippen molar-refractivity contribution in [3.63, 3.8) is 0 Å². The molecule has 0 aromatic heterocycles. The van der Waals surface area contributed by atoms with Gasteiger partial charge in [0.25, 0.3) is 7.82 Å². The van der Waals surface area contributed by atoms with Gasteiger partial charge >= 0.3 is 0 Å². The highest BCUT2D eigenvalue weighted by atomic mass is 31.2. The van der Waals surface area contributed by atoms with E-state index in [1.807, 2.05) is 27.2 Å². The van der Waals surface area contributed by atoms with E-state index in [2.05, 4.69) is 43.5 Å². The molecule has 2 N–H and O–H groups in total. The van der Waals surface area contributed by atoms with Crippen LogP contribution in [0.5, 0.6) is 0 Å². The Morgan fingerprint density at radius 3 is 1.35 bits per heavy atom. The van der Waals surface area contributed by atoms with E-state index < -0.39 is 26.6 Å². The fraction of sp³-hybridized carbons (Fsp3) is 0.863. The van der Waals surface area contributed by atoms with E-state index in [-0.39, 0.29) is 12.5 Å². The van der Waals surface area contributed by atoms with Crippen LogP contribution in [0.15, 0.2) is 36.5 Å². The summed E-state index contributed by atoms with van der Waals surface area (Å²) in [6.07, 6.45) is 53.5. The molecule has 8 nitrogen and oxygen atoms in total. The number of hydrogen-bond donors (Lipinski definition) is 2. The number of nitrogens with zero attached hydrogens (tertiary/aromatic N) is 1. The van der Waals surface area contributed by atoms with Gasteiger partial charge in [0.15, 0.2) is 0 Å². The first-order valence-corrected chi connectivity index (χ1v) is 26.8. The number of aliphatic hydroxyl groups is 1. The van der Waals surface area contributed by atoms with Gasteiger partial charge < -0.3 is 28.8 Å². The van der Waals surface area contributed by atoms with E-state index in [9.17, 15) is 19.4 Å². The molecule has 60 heavy (non-hydrogen) atoms. The first-order valence-electron chi connectivity index (χ1n) is 25.4. The van der Waals surface area contributed by atoms with Crippen LogP contribution in [-0.4, -0.2) is 68.5 Å². The molecule has 0 aliphatic rings. The average molecular weight is 867 g/mol. The second-order valence-electron chi connectivity index (χ2n) is 18.5. The standard InChI is InChI=1S/C51H99N2O6P/c1-6-8-10-12-14-16-18-20-22-23-24-25-26-27-28-29-31-33-35-37-39-41-43-45-51(55)52-49(48-59-60(56,57)58-47-46-53(3,4)5)50(54)44-42-40-38-36-34-32-30-21-19-17-15-13-11-9-7-2/h27-28,34,36,42,44,49-50,54H,6-26,29-33,35,37-41,43,45-48H2,1-5H3,(H-,52,55,56,57)/b28-27-,36-34+,44-42+. The first-order chi connectivity index (χ1) is 29.0. The molecule has 1 amide bonds. The smallest absolute Gasteiger partial charge is 0.268 e. The lowest BCUT2D eigenvalue weighted by Crippen LogP contribution is -2.45. The van der Waals surface area contributed by atoms with Gasteiger partial charge in [0, 0.05) is 6.42 Å². The van der Waals surface area contributed by atoms with E-state index in [4.69, 9.17) is 9.05 Å². The molecule has 0 heterocycles. The Balaban J connectivity index is 4.31. The summed E-state index contributed by atoms with van der Waals surface area (Å²) in [6.45, 7) is 4.63. The van der Waals surface area contributed by atoms with Gasteiger partial charge in [-0.2, -0.15) is 0 Å². The van der Waals surface area contributed by atoms with Crippen LogP contribution >= 0.6 is 7.82 Å². The van der Waals surface area contributed by atoms with Crippen molar-refractivity contribution >= 4 is 13.7 Å². The van der Waals surface area contributed by atoms with Crippen LogP contribution in [0.3, 0.4) is 0 Å². The number of rotatable bonds is 46. The number of aliphatic hydroxyl groups excluding tert-OH is 1. The average Bonchev–Trinajstić information content (AvgIpc) is 3.20. The largest absolute Gasteiger partial charge is 0.756 e. The monoisotopic (exact) mass is 867 g/mol. The van der Waals surface area contributed by atoms with Gasteiger partial charge in [0.2, 0.25) is 5.91 Å². The van der Waals surface area contributed by atoms with Crippen molar-refractivity contribution in [1.29, 1.82) is 0 Å². The van der Waals surface area contributed by atoms with Crippen LogP contribution < -0.4 is 10.2 Å². The lowest BCUT2D eigenvalue weighted by atomic mass is 10.0. The summed E-state index contributed by atoms with van der Waals surface area (Å²) >= 11 is 0. The number of amides is 1. The fourth-order valence-electron chi connectivity index (χ4n) is 7.28. The molecule has 3 unspecified atom stereocenters. The van der Waals surface area contributed by atoms with Gasteiger partial charge in [-0.1, -0.05) is 204 Å². The molecular weight excluding hydrogens is 768 g/mol. The summed E-state index contributed by atoms with van der Waals surface area (Å²) in [4.78, 5) is 25.4. The summed E-state index contributed by atoms with van der Waals surface area (Å²) in [5, 5.41) is 13.8. The molecule has 354 valence electrons. The first kappa shape index (κ1) is 58.7. The molecule has 0 radical (unpaired) electrons. The number of quaternary nitrogens is 1. The summed E-state index contributed by atoms with van der Waals surface area (Å²) in [7, 11) is 1.24. The third kappa shape index (κ3) is 44.8. The van der Waals surface area contributed by atoms with Gasteiger partial charge in [-0.3, -0.25) is 9.36 Å². The molecule has 3 atom stereocenters. The Hall–Kier alpha value is -1.28. The molecule has 0 fully saturated rings.